The number of anilines is 1. The van der Waals surface area contributed by atoms with E-state index in [4.69, 9.17) is 4.74 Å². The Morgan fingerprint density at radius 3 is 2.68 bits per heavy atom. The van der Waals surface area contributed by atoms with Crippen LogP contribution < -0.4 is 9.46 Å². The molecule has 12 heteroatoms. The van der Waals surface area contributed by atoms with Gasteiger partial charge in [0.05, 0.1) is 22.3 Å². The lowest BCUT2D eigenvalue weighted by atomic mass is 10.1. The van der Waals surface area contributed by atoms with Crippen molar-refractivity contribution in [2.45, 2.75) is 4.90 Å². The number of ether oxygens (including phenoxy) is 1. The van der Waals surface area contributed by atoms with Crippen LogP contribution in [0.4, 0.5) is 9.52 Å². The number of hydrogen-bond donors (Lipinski definition) is 2. The second-order valence-corrected chi connectivity index (χ2v) is 9.97. The van der Waals surface area contributed by atoms with Gasteiger partial charge in [-0.1, -0.05) is 11.3 Å². The molecule has 0 saturated carbocycles. The molecule has 31 heavy (non-hydrogen) atoms. The molecule has 0 radical (unpaired) electrons. The van der Waals surface area contributed by atoms with Gasteiger partial charge in [0.25, 0.3) is 10.0 Å². The molecule has 2 heterocycles. The van der Waals surface area contributed by atoms with Crippen molar-refractivity contribution >= 4 is 49.1 Å². The number of nitrogens with one attached hydrogen (secondary N) is 2. The van der Waals surface area contributed by atoms with Gasteiger partial charge in [-0.15, -0.1) is 0 Å². The van der Waals surface area contributed by atoms with Crippen molar-refractivity contribution in [3.8, 4) is 28.8 Å². The monoisotopic (exact) mass is 567 g/mol. The van der Waals surface area contributed by atoms with E-state index < -0.39 is 15.2 Å². The van der Waals surface area contributed by atoms with E-state index in [-0.39, 0.29) is 21.3 Å². The fourth-order valence-electron chi connectivity index (χ4n) is 2.65. The van der Waals surface area contributed by atoms with Crippen LogP contribution in [0.15, 0.2) is 59.8 Å². The number of halogens is 2. The Morgan fingerprint density at radius 2 is 2.00 bits per heavy atom. The van der Waals surface area contributed by atoms with Crippen molar-refractivity contribution < 1.29 is 17.5 Å². The first-order valence-corrected chi connectivity index (χ1v) is 11.9. The average Bonchev–Trinajstić information content (AvgIpc) is 3.41. The Kier molecular flexibility index (Phi) is 5.90. The van der Waals surface area contributed by atoms with Gasteiger partial charge < -0.3 is 4.74 Å². The molecule has 0 fully saturated rings. The van der Waals surface area contributed by atoms with Crippen molar-refractivity contribution in [2.24, 2.45) is 0 Å². The predicted octanol–water partition coefficient (Wildman–Crippen LogP) is 4.74. The van der Waals surface area contributed by atoms with Crippen molar-refractivity contribution in [1.82, 2.24) is 15.2 Å². The average molecular weight is 567 g/mol. The van der Waals surface area contributed by atoms with Crippen LogP contribution in [-0.2, 0) is 10.0 Å². The molecule has 0 bridgehead atoms. The number of nitriles is 1. The van der Waals surface area contributed by atoms with Gasteiger partial charge in [0.2, 0.25) is 0 Å². The summed E-state index contributed by atoms with van der Waals surface area (Å²) in [4.78, 5) is 3.46. The highest BCUT2D eigenvalue weighted by atomic mass is 127. The number of rotatable bonds is 6. The molecule has 0 aliphatic carbocycles. The van der Waals surface area contributed by atoms with E-state index in [2.05, 4.69) is 42.5 Å². The maximum atomic E-state index is 13.1. The summed E-state index contributed by atoms with van der Waals surface area (Å²) in [5.41, 5.74) is 1.48. The van der Waals surface area contributed by atoms with Crippen molar-refractivity contribution in [2.75, 3.05) is 4.72 Å². The van der Waals surface area contributed by atoms with Crippen LogP contribution in [0, 0.1) is 20.0 Å². The Labute approximate surface area is 193 Å². The minimum atomic E-state index is -4.06. The molecule has 156 valence electrons. The topological polar surface area (TPSA) is 121 Å². The molecule has 2 aromatic carbocycles. The number of nitrogens with zero attached hydrogens (tertiary/aromatic N) is 3. The zero-order valence-electron chi connectivity index (χ0n) is 15.3. The molecule has 2 N–H and O–H groups in total. The second-order valence-electron chi connectivity index (χ2n) is 6.06. The summed E-state index contributed by atoms with van der Waals surface area (Å²) in [5.74, 6) is 0.650. The predicted molar refractivity (Wildman–Crippen MR) is 121 cm³/mol. The summed E-state index contributed by atoms with van der Waals surface area (Å²) in [6.07, 6.45) is 2.53. The van der Waals surface area contributed by atoms with Crippen LogP contribution in [0.5, 0.6) is 11.5 Å². The molecule has 8 nitrogen and oxygen atoms in total. The summed E-state index contributed by atoms with van der Waals surface area (Å²) in [5, 5.41) is 15.6. The van der Waals surface area contributed by atoms with E-state index in [0.717, 1.165) is 21.0 Å². The van der Waals surface area contributed by atoms with Gasteiger partial charge in [0.1, 0.15) is 17.6 Å². The van der Waals surface area contributed by atoms with E-state index in [9.17, 15) is 18.1 Å². The third kappa shape index (κ3) is 4.68. The van der Waals surface area contributed by atoms with Crippen molar-refractivity contribution in [3.05, 3.63) is 69.1 Å². The molecule has 4 rings (SSSR count). The Bertz CT molecular complexity index is 1400. The van der Waals surface area contributed by atoms with Crippen LogP contribution in [-0.4, -0.2) is 23.6 Å². The Balaban J connectivity index is 1.67. The molecule has 0 atom stereocenters. The molecule has 4 aromatic rings. The molecule has 0 aliphatic rings. The van der Waals surface area contributed by atoms with Gasteiger partial charge in [0, 0.05) is 15.3 Å². The Hall–Kier alpha value is -3.02. The summed E-state index contributed by atoms with van der Waals surface area (Å²) < 4.78 is 47.3. The van der Waals surface area contributed by atoms with Gasteiger partial charge in [-0.2, -0.15) is 14.8 Å². The Morgan fingerprint density at radius 1 is 1.19 bits per heavy atom. The molecule has 0 amide bonds. The number of benzene rings is 2. The highest BCUT2D eigenvalue weighted by Crippen LogP contribution is 2.35. The van der Waals surface area contributed by atoms with Gasteiger partial charge in [-0.3, -0.25) is 9.82 Å². The lowest BCUT2D eigenvalue weighted by molar-refractivity contribution is 0.482. The van der Waals surface area contributed by atoms with Crippen LogP contribution in [0.2, 0.25) is 0 Å². The van der Waals surface area contributed by atoms with Gasteiger partial charge in [0.15, 0.2) is 10.3 Å². The maximum Gasteiger partial charge on any atom is 0.263 e. The molecular formula is C19H11FIN5O3S2. The fourth-order valence-corrected chi connectivity index (χ4v) is 4.96. The normalized spacial score (nSPS) is 11.1. The van der Waals surface area contributed by atoms with Crippen LogP contribution in [0.1, 0.15) is 5.56 Å². The standard InChI is InChI=1S/C19H11FIN5O3S2/c20-18-10-23-19(30-18)26-31(27,28)13-2-4-16(11(7-13)9-22)29-17-3-1-12(21)8-14(17)15-5-6-24-25-15/h1-8,10H,(H,23,26)(H,24,25). The van der Waals surface area contributed by atoms with E-state index in [1.54, 1.807) is 18.3 Å². The van der Waals surface area contributed by atoms with E-state index in [1.165, 1.54) is 18.2 Å². The second kappa shape index (κ2) is 8.61. The quantitative estimate of drug-likeness (QED) is 0.325. The number of sulfonamides is 1. The lowest BCUT2D eigenvalue weighted by Crippen LogP contribution is -2.13. The number of thiazole rings is 1. The minimum Gasteiger partial charge on any atom is -0.455 e. The largest absolute Gasteiger partial charge is 0.455 e. The van der Waals surface area contributed by atoms with Crippen molar-refractivity contribution in [1.29, 1.82) is 5.26 Å². The van der Waals surface area contributed by atoms with Gasteiger partial charge in [-0.25, -0.2) is 13.4 Å². The lowest BCUT2D eigenvalue weighted by Gasteiger charge is -2.13. The van der Waals surface area contributed by atoms with E-state index in [0.29, 0.717) is 17.1 Å². The molecule has 2 aromatic heterocycles. The summed E-state index contributed by atoms with van der Waals surface area (Å²) in [7, 11) is -4.06. The molecule has 0 saturated heterocycles. The number of aromatic amines is 1. The van der Waals surface area contributed by atoms with Gasteiger partial charge >= 0.3 is 0 Å². The minimum absolute atomic E-state index is 0.0160. The SMILES string of the molecule is N#Cc1cc(S(=O)(=O)Nc2ncc(F)s2)ccc1Oc1ccc(I)cc1-c1ccn[nH]1. The molecule has 0 aliphatic heterocycles. The number of H-pyrrole nitrogens is 1. The fraction of sp³-hybridized carbons (Fsp3) is 0. The highest BCUT2D eigenvalue weighted by Gasteiger charge is 2.20. The summed E-state index contributed by atoms with van der Waals surface area (Å²) >= 11 is 2.73. The summed E-state index contributed by atoms with van der Waals surface area (Å²) in [6.45, 7) is 0. The molecule has 0 spiro atoms. The first-order chi connectivity index (χ1) is 14.9. The first-order valence-electron chi connectivity index (χ1n) is 8.51. The van der Waals surface area contributed by atoms with Crippen molar-refractivity contribution in [3.63, 3.8) is 0 Å². The van der Waals surface area contributed by atoms with Gasteiger partial charge in [-0.05, 0) is 65.1 Å². The third-order valence-electron chi connectivity index (χ3n) is 4.03. The van der Waals surface area contributed by atoms with Crippen LogP contribution in [0.25, 0.3) is 11.3 Å². The zero-order chi connectivity index (χ0) is 22.0. The van der Waals surface area contributed by atoms with E-state index in [1.807, 2.05) is 18.2 Å². The van der Waals surface area contributed by atoms with Crippen LogP contribution >= 0.6 is 33.9 Å². The van der Waals surface area contributed by atoms with E-state index >= 15 is 0 Å². The highest BCUT2D eigenvalue weighted by molar-refractivity contribution is 14.1. The number of hydrogen-bond acceptors (Lipinski definition) is 7. The number of aromatic nitrogens is 3. The smallest absolute Gasteiger partial charge is 0.263 e. The first kappa shape index (κ1) is 21.2. The summed E-state index contributed by atoms with van der Waals surface area (Å²) in [6, 6.07) is 13.1. The maximum absolute atomic E-state index is 13.1. The molecule has 0 unspecified atom stereocenters. The zero-order valence-corrected chi connectivity index (χ0v) is 19.1. The third-order valence-corrected chi connectivity index (χ3v) is 6.87. The molecular weight excluding hydrogens is 556 g/mol. The van der Waals surface area contributed by atoms with Crippen LogP contribution in [0.3, 0.4) is 0 Å².